The molecule has 2 rings (SSSR count). The molecule has 3 nitrogen and oxygen atoms in total. The van der Waals surface area contributed by atoms with Crippen molar-refractivity contribution in [1.82, 2.24) is 0 Å². The number of rotatable bonds is 0. The Morgan fingerprint density at radius 2 is 1.92 bits per heavy atom. The SMILES string of the molecule is O[C@H]1COc2ccc(S)cc2OC1. The van der Waals surface area contributed by atoms with Crippen molar-refractivity contribution >= 4 is 12.6 Å². The topological polar surface area (TPSA) is 38.7 Å². The fourth-order valence-corrected chi connectivity index (χ4v) is 1.34. The van der Waals surface area contributed by atoms with Crippen molar-refractivity contribution in [2.24, 2.45) is 0 Å². The van der Waals surface area contributed by atoms with Crippen molar-refractivity contribution in [3.63, 3.8) is 0 Å². The molecule has 1 heterocycles. The highest BCUT2D eigenvalue weighted by Gasteiger charge is 2.15. The van der Waals surface area contributed by atoms with E-state index < -0.39 is 6.10 Å². The van der Waals surface area contributed by atoms with Crippen molar-refractivity contribution in [3.05, 3.63) is 18.2 Å². The minimum absolute atomic E-state index is 0.268. The van der Waals surface area contributed by atoms with Gasteiger partial charge in [0.05, 0.1) is 0 Å². The largest absolute Gasteiger partial charge is 0.487 e. The number of ether oxygens (including phenoxy) is 2. The van der Waals surface area contributed by atoms with E-state index in [-0.39, 0.29) is 13.2 Å². The first kappa shape index (κ1) is 8.72. The minimum Gasteiger partial charge on any atom is -0.487 e. The molecule has 0 saturated carbocycles. The highest BCUT2D eigenvalue weighted by molar-refractivity contribution is 7.80. The zero-order chi connectivity index (χ0) is 9.26. The maximum absolute atomic E-state index is 9.26. The molecular weight excluding hydrogens is 188 g/mol. The van der Waals surface area contributed by atoms with Gasteiger partial charge >= 0.3 is 0 Å². The van der Waals surface area contributed by atoms with Gasteiger partial charge in [0, 0.05) is 4.90 Å². The molecule has 0 bridgehead atoms. The molecule has 13 heavy (non-hydrogen) atoms. The third kappa shape index (κ3) is 1.89. The highest BCUT2D eigenvalue weighted by Crippen LogP contribution is 2.31. The zero-order valence-corrected chi connectivity index (χ0v) is 7.83. The fraction of sp³-hybridized carbons (Fsp3) is 0.333. The average Bonchev–Trinajstić information content (AvgIpc) is 2.29. The molecule has 1 aliphatic heterocycles. The number of aliphatic hydroxyl groups excluding tert-OH is 1. The summed E-state index contributed by atoms with van der Waals surface area (Å²) in [5.41, 5.74) is 0. The van der Waals surface area contributed by atoms with E-state index in [4.69, 9.17) is 9.47 Å². The Morgan fingerprint density at radius 1 is 1.23 bits per heavy atom. The lowest BCUT2D eigenvalue weighted by Crippen LogP contribution is -2.21. The highest BCUT2D eigenvalue weighted by atomic mass is 32.1. The number of hydrogen-bond acceptors (Lipinski definition) is 4. The van der Waals surface area contributed by atoms with Gasteiger partial charge in [-0.3, -0.25) is 0 Å². The summed E-state index contributed by atoms with van der Waals surface area (Å²) in [7, 11) is 0. The molecule has 0 fully saturated rings. The van der Waals surface area contributed by atoms with Gasteiger partial charge in [0.15, 0.2) is 11.5 Å². The third-order valence-electron chi connectivity index (χ3n) is 1.79. The maximum atomic E-state index is 9.26. The summed E-state index contributed by atoms with van der Waals surface area (Å²) in [6.45, 7) is 0.545. The summed E-state index contributed by atoms with van der Waals surface area (Å²) < 4.78 is 10.6. The molecule has 0 aromatic heterocycles. The summed E-state index contributed by atoms with van der Waals surface area (Å²) in [4.78, 5) is 0.818. The Bertz CT molecular complexity index is 314. The number of aliphatic hydroxyl groups is 1. The van der Waals surface area contributed by atoms with E-state index >= 15 is 0 Å². The smallest absolute Gasteiger partial charge is 0.162 e. The van der Waals surface area contributed by atoms with Crippen LogP contribution < -0.4 is 9.47 Å². The van der Waals surface area contributed by atoms with Gasteiger partial charge in [-0.25, -0.2) is 0 Å². The standard InChI is InChI=1S/C9H10O3S/c10-6-4-11-8-2-1-7(13)3-9(8)12-5-6/h1-3,6,10,13H,4-5H2/t6-/m0/s1. The molecule has 1 aliphatic rings. The van der Waals surface area contributed by atoms with Crippen LogP contribution >= 0.6 is 12.6 Å². The van der Waals surface area contributed by atoms with Gasteiger partial charge in [-0.2, -0.15) is 0 Å². The van der Waals surface area contributed by atoms with Crippen LogP contribution in [0.15, 0.2) is 23.1 Å². The zero-order valence-electron chi connectivity index (χ0n) is 6.93. The second-order valence-corrected chi connectivity index (χ2v) is 3.42. The molecule has 0 radical (unpaired) electrons. The van der Waals surface area contributed by atoms with Crippen molar-refractivity contribution in [2.75, 3.05) is 13.2 Å². The van der Waals surface area contributed by atoms with Crippen LogP contribution in [0.1, 0.15) is 0 Å². The van der Waals surface area contributed by atoms with E-state index in [9.17, 15) is 5.11 Å². The molecule has 1 aromatic rings. The van der Waals surface area contributed by atoms with Gasteiger partial charge in [0.2, 0.25) is 0 Å². The molecule has 4 heteroatoms. The number of hydrogen-bond donors (Lipinski definition) is 2. The van der Waals surface area contributed by atoms with Crippen molar-refractivity contribution in [3.8, 4) is 11.5 Å². The molecule has 0 aliphatic carbocycles. The predicted octanol–water partition coefficient (Wildman–Crippen LogP) is 1.11. The van der Waals surface area contributed by atoms with Crippen molar-refractivity contribution in [2.45, 2.75) is 11.0 Å². The first-order chi connectivity index (χ1) is 6.25. The van der Waals surface area contributed by atoms with Gasteiger partial charge in [-0.1, -0.05) is 0 Å². The van der Waals surface area contributed by atoms with Crippen molar-refractivity contribution in [1.29, 1.82) is 0 Å². The van der Waals surface area contributed by atoms with Gasteiger partial charge in [0.25, 0.3) is 0 Å². The second kappa shape index (κ2) is 3.47. The normalized spacial score (nSPS) is 20.9. The van der Waals surface area contributed by atoms with Crippen LogP contribution in [0.4, 0.5) is 0 Å². The molecule has 0 amide bonds. The third-order valence-corrected chi connectivity index (χ3v) is 2.07. The lowest BCUT2D eigenvalue weighted by Gasteiger charge is -2.06. The van der Waals surface area contributed by atoms with E-state index in [0.717, 1.165) is 4.90 Å². The van der Waals surface area contributed by atoms with E-state index in [0.29, 0.717) is 11.5 Å². The van der Waals surface area contributed by atoms with E-state index in [1.165, 1.54) is 0 Å². The Labute approximate surface area is 81.7 Å². The van der Waals surface area contributed by atoms with Crippen LogP contribution in [0, 0.1) is 0 Å². The Morgan fingerprint density at radius 3 is 2.69 bits per heavy atom. The van der Waals surface area contributed by atoms with E-state index in [2.05, 4.69) is 12.6 Å². The molecule has 1 N–H and O–H groups in total. The van der Waals surface area contributed by atoms with Gasteiger partial charge in [-0.05, 0) is 18.2 Å². The summed E-state index contributed by atoms with van der Waals surface area (Å²) in [6, 6.07) is 5.38. The summed E-state index contributed by atoms with van der Waals surface area (Å²) in [5, 5.41) is 9.26. The average molecular weight is 198 g/mol. The number of fused-ring (bicyclic) bond motifs is 1. The number of thiol groups is 1. The predicted molar refractivity (Wildman–Crippen MR) is 50.7 cm³/mol. The first-order valence-electron chi connectivity index (χ1n) is 4.02. The maximum Gasteiger partial charge on any atom is 0.162 e. The van der Waals surface area contributed by atoms with Crippen molar-refractivity contribution < 1.29 is 14.6 Å². The second-order valence-electron chi connectivity index (χ2n) is 2.91. The molecule has 0 saturated heterocycles. The monoisotopic (exact) mass is 198 g/mol. The summed E-state index contributed by atoms with van der Waals surface area (Å²) in [6.07, 6.45) is -0.559. The Hall–Kier alpha value is -0.870. The van der Waals surface area contributed by atoms with Crippen LogP contribution in [0.5, 0.6) is 11.5 Å². The van der Waals surface area contributed by atoms with E-state index in [1.807, 2.05) is 6.07 Å². The summed E-state index contributed by atoms with van der Waals surface area (Å²) >= 11 is 4.18. The van der Waals surface area contributed by atoms with Gasteiger partial charge in [-0.15, -0.1) is 12.6 Å². The first-order valence-corrected chi connectivity index (χ1v) is 4.47. The van der Waals surface area contributed by atoms with Crippen LogP contribution in [0.2, 0.25) is 0 Å². The molecular formula is C9H10O3S. The quantitative estimate of drug-likeness (QED) is 0.613. The lowest BCUT2D eigenvalue weighted by atomic mass is 10.3. The molecule has 1 aromatic carbocycles. The Balaban J connectivity index is 2.30. The molecule has 70 valence electrons. The van der Waals surface area contributed by atoms with Gasteiger partial charge in [0.1, 0.15) is 19.3 Å². The molecule has 0 spiro atoms. The van der Waals surface area contributed by atoms with Crippen LogP contribution in [0.25, 0.3) is 0 Å². The van der Waals surface area contributed by atoms with E-state index in [1.54, 1.807) is 12.1 Å². The summed E-state index contributed by atoms with van der Waals surface area (Å²) in [5.74, 6) is 1.30. The molecule has 0 unspecified atom stereocenters. The van der Waals surface area contributed by atoms with Crippen LogP contribution in [-0.2, 0) is 0 Å². The van der Waals surface area contributed by atoms with Gasteiger partial charge < -0.3 is 14.6 Å². The fourth-order valence-electron chi connectivity index (χ4n) is 1.15. The Kier molecular flexibility index (Phi) is 2.33. The van der Waals surface area contributed by atoms with Crippen LogP contribution in [-0.4, -0.2) is 24.4 Å². The lowest BCUT2D eigenvalue weighted by molar-refractivity contribution is 0.0801. The van der Waals surface area contributed by atoms with Crippen LogP contribution in [0.3, 0.4) is 0 Å². The minimum atomic E-state index is -0.559. The number of benzene rings is 1. The molecule has 1 atom stereocenters.